The number of hydrogen-bond acceptors (Lipinski definition) is 8. The molecule has 0 spiro atoms. The Kier molecular flexibility index (Phi) is 25.2. The second-order valence-corrected chi connectivity index (χ2v) is 18.0. The monoisotopic (exact) mass is 1050 g/mol. The van der Waals surface area contributed by atoms with Crippen LogP contribution in [-0.4, -0.2) is 32.4 Å². The number of fused-ring (bicyclic) bond motifs is 1. The highest BCUT2D eigenvalue weighted by Crippen LogP contribution is 2.34. The number of nitrogens with two attached hydrogens (primary N) is 2. The van der Waals surface area contributed by atoms with Gasteiger partial charge in [-0.25, -0.2) is 19.4 Å². The van der Waals surface area contributed by atoms with Gasteiger partial charge in [0, 0.05) is 33.3 Å². The lowest BCUT2D eigenvalue weighted by Crippen LogP contribution is -2.19. The number of halogens is 1. The number of carboxylic acids is 2. The highest BCUT2D eigenvalue weighted by Gasteiger charge is 2.25. The van der Waals surface area contributed by atoms with Crippen molar-refractivity contribution in [3.63, 3.8) is 0 Å². The summed E-state index contributed by atoms with van der Waals surface area (Å²) in [6, 6.07) is 66.0. The van der Waals surface area contributed by atoms with E-state index < -0.39 is 17.2 Å². The molecule has 11 heteroatoms. The van der Waals surface area contributed by atoms with E-state index in [2.05, 4.69) is 63.5 Å². The molecule has 1 heterocycles. The van der Waals surface area contributed by atoms with Crippen LogP contribution in [0.15, 0.2) is 228 Å². The van der Waals surface area contributed by atoms with Gasteiger partial charge in [-0.3, -0.25) is 4.79 Å². The van der Waals surface area contributed by atoms with Crippen molar-refractivity contribution < 1.29 is 29.0 Å². The van der Waals surface area contributed by atoms with Gasteiger partial charge >= 0.3 is 17.6 Å². The van der Waals surface area contributed by atoms with Crippen molar-refractivity contribution in [2.75, 3.05) is 11.5 Å². The molecular weight excluding hydrogens is 982 g/mol. The van der Waals surface area contributed by atoms with E-state index in [0.29, 0.717) is 33.7 Å². The van der Waals surface area contributed by atoms with Gasteiger partial charge in [-0.15, -0.1) is 0 Å². The van der Waals surface area contributed by atoms with Crippen LogP contribution in [0.1, 0.15) is 121 Å². The van der Waals surface area contributed by atoms with Crippen molar-refractivity contribution in [3.05, 3.63) is 274 Å². The molecule has 0 aliphatic carbocycles. The minimum absolute atomic E-state index is 0.154. The highest BCUT2D eigenvalue weighted by molar-refractivity contribution is 6.67. The van der Waals surface area contributed by atoms with Crippen LogP contribution in [0.25, 0.3) is 27.9 Å². The molecule has 0 bridgehead atoms. The lowest BCUT2D eigenvalue weighted by atomic mass is 9.77. The fourth-order valence-electron chi connectivity index (χ4n) is 7.32. The van der Waals surface area contributed by atoms with Gasteiger partial charge in [0.2, 0.25) is 5.89 Å². The molecule has 0 fully saturated rings. The third kappa shape index (κ3) is 18.5. The Morgan fingerprint density at radius 3 is 1.30 bits per heavy atom. The summed E-state index contributed by atoms with van der Waals surface area (Å²) < 4.78 is 5.48. The molecule has 8 aromatic carbocycles. The summed E-state index contributed by atoms with van der Waals surface area (Å²) in [4.78, 5) is 49.0. The van der Waals surface area contributed by atoms with Crippen LogP contribution in [0, 0.1) is 0 Å². The molecular formula is C66H70ClN3O7. The maximum Gasteiger partial charge on any atom is 0.347 e. The van der Waals surface area contributed by atoms with Gasteiger partial charge in [0.25, 0.3) is 5.24 Å². The average molecular weight is 1050 g/mol. The zero-order valence-electron chi connectivity index (χ0n) is 45.3. The smallest absolute Gasteiger partial charge is 0.347 e. The van der Waals surface area contributed by atoms with Gasteiger partial charge in [-0.05, 0) is 94.9 Å². The number of aromatic nitrogens is 1. The van der Waals surface area contributed by atoms with Crippen molar-refractivity contribution >= 4 is 56.6 Å². The third-order valence-corrected chi connectivity index (χ3v) is 12.0. The van der Waals surface area contributed by atoms with Crippen LogP contribution in [0.4, 0.5) is 11.4 Å². The van der Waals surface area contributed by atoms with E-state index in [0.717, 1.165) is 27.8 Å². The number of aromatic carboxylic acids is 2. The van der Waals surface area contributed by atoms with Crippen molar-refractivity contribution in [1.82, 2.24) is 4.98 Å². The molecule has 0 radical (unpaired) electrons. The second-order valence-electron chi connectivity index (χ2n) is 17.7. The van der Waals surface area contributed by atoms with Crippen LogP contribution in [0.3, 0.4) is 0 Å². The van der Waals surface area contributed by atoms with E-state index in [9.17, 15) is 19.2 Å². The minimum Gasteiger partial charge on any atom is -0.478 e. The average Bonchev–Trinajstić information content (AvgIpc) is 3.48. The van der Waals surface area contributed by atoms with Crippen LogP contribution >= 0.6 is 11.6 Å². The Bertz CT molecular complexity index is 3280. The quantitative estimate of drug-likeness (QED) is 0.0800. The summed E-state index contributed by atoms with van der Waals surface area (Å²) in [5, 5.41) is 17.7. The van der Waals surface area contributed by atoms with Gasteiger partial charge in [0.1, 0.15) is 0 Å². The van der Waals surface area contributed by atoms with Crippen molar-refractivity contribution in [3.8, 4) is 11.5 Å². The number of carbonyl (C=O) groups excluding carboxylic acids is 1. The molecule has 9 rings (SSSR count). The van der Waals surface area contributed by atoms with Crippen LogP contribution in [0.2, 0.25) is 0 Å². The van der Waals surface area contributed by atoms with Gasteiger partial charge < -0.3 is 26.1 Å². The number of carboxylic acid groups (broad SMARTS) is 2. The summed E-state index contributed by atoms with van der Waals surface area (Å²) in [5.74, 6) is -1.64. The Morgan fingerprint density at radius 1 is 0.506 bits per heavy atom. The molecule has 398 valence electrons. The molecule has 0 aliphatic heterocycles. The van der Waals surface area contributed by atoms with E-state index in [-0.39, 0.29) is 27.6 Å². The number of anilines is 2. The standard InChI is InChI=1S/C23H19NO2.C16H17NO2.C9H10.C7H5ClO.C7H7NO2.2C2H6/c1-23(2,17-11-7-4-8-12-17)18-13-14-20-19(15-18)22(25)26-21(24-20)16-9-5-3-6-10-16;1-16(2,11-6-4-3-5-7-11)12-8-9-14(17)13(10-12)15(18)19;1-8(2)9-6-4-3-5-7-9;8-7(9)6-4-2-1-3-5-6;8-6-4-2-1-3-5(6)7(9)10;2*1-2/h3-15H,1-2H3;3-10H,17H2,1-2H3,(H,18,19);3-7H,1H2,2H3;1-5H;1-4H,8H2,(H,9,10);2*1-2H3. The third-order valence-electron chi connectivity index (χ3n) is 11.8. The lowest BCUT2D eigenvalue weighted by Gasteiger charge is -2.26. The molecule has 0 saturated carbocycles. The van der Waals surface area contributed by atoms with E-state index in [1.165, 1.54) is 17.2 Å². The first-order valence-electron chi connectivity index (χ1n) is 25.1. The number of benzene rings is 8. The van der Waals surface area contributed by atoms with Crippen LogP contribution in [0.5, 0.6) is 0 Å². The molecule has 77 heavy (non-hydrogen) atoms. The molecule has 1 aromatic heterocycles. The van der Waals surface area contributed by atoms with E-state index in [1.54, 1.807) is 54.6 Å². The largest absolute Gasteiger partial charge is 0.478 e. The molecule has 0 amide bonds. The fraction of sp³-hybridized carbons (Fsp3) is 0.167. The predicted molar refractivity (Wildman–Crippen MR) is 319 cm³/mol. The number of para-hydroxylation sites is 1. The summed E-state index contributed by atoms with van der Waals surface area (Å²) in [6.45, 7) is 22.3. The normalized spacial score (nSPS) is 10.2. The van der Waals surface area contributed by atoms with Gasteiger partial charge in [-0.2, -0.15) is 0 Å². The first-order valence-corrected chi connectivity index (χ1v) is 25.5. The first kappa shape index (κ1) is 62.4. The van der Waals surface area contributed by atoms with Gasteiger partial charge in [-0.1, -0.05) is 231 Å². The number of nitrogens with zero attached hydrogens (tertiary/aromatic N) is 1. The number of rotatable bonds is 9. The van der Waals surface area contributed by atoms with Gasteiger partial charge in [0.05, 0.1) is 22.0 Å². The maximum absolute atomic E-state index is 12.6. The van der Waals surface area contributed by atoms with E-state index >= 15 is 0 Å². The van der Waals surface area contributed by atoms with Crippen molar-refractivity contribution in [1.29, 1.82) is 0 Å². The number of carbonyl (C=O) groups is 3. The van der Waals surface area contributed by atoms with E-state index in [4.69, 9.17) is 37.7 Å². The number of allylic oxidation sites excluding steroid dienone is 1. The van der Waals surface area contributed by atoms with E-state index in [1.807, 2.05) is 162 Å². The molecule has 0 atom stereocenters. The minimum atomic E-state index is -0.997. The highest BCUT2D eigenvalue weighted by atomic mass is 35.5. The molecule has 0 aliphatic rings. The zero-order chi connectivity index (χ0) is 57.1. The van der Waals surface area contributed by atoms with Crippen LogP contribution in [-0.2, 0) is 10.8 Å². The maximum atomic E-state index is 12.6. The summed E-state index contributed by atoms with van der Waals surface area (Å²) in [5.41, 5.74) is 19.7. The first-order chi connectivity index (χ1) is 36.8. The zero-order valence-corrected chi connectivity index (χ0v) is 46.1. The summed E-state index contributed by atoms with van der Waals surface area (Å²) in [7, 11) is 0. The SMILES string of the molecule is C=C(C)c1ccccc1.CC.CC.CC(C)(c1ccccc1)c1ccc(N)c(C(=O)O)c1.CC(C)(c1ccccc1)c1ccc2nc(-c3ccccc3)oc(=O)c2c1.Nc1ccccc1C(=O)O.O=C(Cl)c1ccccc1. The fourth-order valence-corrected chi connectivity index (χ4v) is 7.45. The Morgan fingerprint density at radius 2 is 0.896 bits per heavy atom. The topological polar surface area (TPSA) is 187 Å². The Balaban J connectivity index is 0.000000267. The molecule has 9 aromatic rings. The Hall–Kier alpha value is -8.86. The second kappa shape index (κ2) is 31.1. The van der Waals surface area contributed by atoms with Crippen LogP contribution < -0.4 is 17.1 Å². The summed E-state index contributed by atoms with van der Waals surface area (Å²) >= 11 is 5.16. The summed E-state index contributed by atoms with van der Waals surface area (Å²) in [6.07, 6.45) is 0. The Labute approximate surface area is 458 Å². The lowest BCUT2D eigenvalue weighted by molar-refractivity contribution is 0.0687. The van der Waals surface area contributed by atoms with Crippen molar-refractivity contribution in [2.24, 2.45) is 0 Å². The van der Waals surface area contributed by atoms with Gasteiger partial charge in [0.15, 0.2) is 0 Å². The molecule has 10 nitrogen and oxygen atoms in total. The molecule has 0 unspecified atom stereocenters. The van der Waals surface area contributed by atoms with Crippen molar-refractivity contribution in [2.45, 2.75) is 73.1 Å². The number of nitrogen functional groups attached to an aromatic ring is 2. The predicted octanol–water partition coefficient (Wildman–Crippen LogP) is 16.3. The molecule has 0 saturated heterocycles. The number of hydrogen-bond donors (Lipinski definition) is 4. The molecule has 6 N–H and O–H groups in total.